The van der Waals surface area contributed by atoms with Crippen LogP contribution in [-0.4, -0.2) is 21.2 Å². The number of aromatic nitrogens is 3. The lowest BCUT2D eigenvalue weighted by Crippen LogP contribution is -2.31. The van der Waals surface area contributed by atoms with Crippen LogP contribution in [-0.2, 0) is 0 Å². The Balaban J connectivity index is 1.63. The zero-order valence-electron chi connectivity index (χ0n) is 13.5. The molecule has 0 spiro atoms. The Bertz CT molecular complexity index is 843. The molecule has 124 valence electrons. The molecule has 3 rings (SSSR count). The normalized spacial score (nSPS) is 12.0. The molecule has 1 atom stereocenters. The van der Waals surface area contributed by atoms with Gasteiger partial charge in [-0.25, -0.2) is 4.79 Å². The van der Waals surface area contributed by atoms with Crippen molar-refractivity contribution in [3.63, 3.8) is 0 Å². The molecular weight excluding hydrogens is 342 g/mol. The van der Waals surface area contributed by atoms with E-state index in [9.17, 15) is 4.79 Å². The number of pyridine rings is 1. The maximum Gasteiger partial charge on any atom is 0.321 e. The van der Waals surface area contributed by atoms with Gasteiger partial charge in [0.05, 0.1) is 6.04 Å². The lowest BCUT2D eigenvalue weighted by atomic mass is 10.1. The lowest BCUT2D eigenvalue weighted by molar-refractivity contribution is 0.249. The summed E-state index contributed by atoms with van der Waals surface area (Å²) in [4.78, 5) is 18.8. The summed E-state index contributed by atoms with van der Waals surface area (Å²) in [7, 11) is 0. The van der Waals surface area contributed by atoms with Gasteiger partial charge in [0.25, 0.3) is 0 Å². The number of carbonyl (C=O) groups is 1. The molecule has 0 aromatic carbocycles. The molecule has 0 fully saturated rings. The molecule has 0 aliphatic rings. The van der Waals surface area contributed by atoms with Gasteiger partial charge in [-0.2, -0.15) is 0 Å². The predicted molar refractivity (Wildman–Crippen MR) is 97.5 cm³/mol. The summed E-state index contributed by atoms with van der Waals surface area (Å²) in [5.41, 5.74) is 1.88. The van der Waals surface area contributed by atoms with Crippen molar-refractivity contribution >= 4 is 33.8 Å². The van der Waals surface area contributed by atoms with Crippen molar-refractivity contribution in [1.82, 2.24) is 20.5 Å². The largest absolute Gasteiger partial charge is 0.331 e. The number of carbonyl (C=O) groups excluding carboxylic acids is 1. The van der Waals surface area contributed by atoms with Gasteiger partial charge in [0.15, 0.2) is 5.01 Å². The van der Waals surface area contributed by atoms with Gasteiger partial charge in [0, 0.05) is 16.0 Å². The average molecular weight is 359 g/mol. The minimum atomic E-state index is -0.297. The van der Waals surface area contributed by atoms with E-state index >= 15 is 0 Å². The average Bonchev–Trinajstić information content (AvgIpc) is 3.14. The van der Waals surface area contributed by atoms with Gasteiger partial charge in [-0.05, 0) is 44.5 Å². The van der Waals surface area contributed by atoms with Crippen LogP contribution in [0.25, 0.3) is 10.7 Å². The molecule has 2 amide bonds. The number of urea groups is 1. The summed E-state index contributed by atoms with van der Waals surface area (Å²) < 4.78 is 0. The fourth-order valence-corrected chi connectivity index (χ4v) is 4.09. The van der Waals surface area contributed by atoms with Crippen molar-refractivity contribution in [3.8, 4) is 10.7 Å². The molecule has 0 aliphatic carbocycles. The van der Waals surface area contributed by atoms with Crippen LogP contribution in [0.15, 0.2) is 30.5 Å². The first kappa shape index (κ1) is 16.5. The first-order valence-corrected chi connectivity index (χ1v) is 9.05. The van der Waals surface area contributed by atoms with Crippen molar-refractivity contribution in [2.75, 3.05) is 5.32 Å². The van der Waals surface area contributed by atoms with Crippen LogP contribution < -0.4 is 10.6 Å². The van der Waals surface area contributed by atoms with Crippen LogP contribution in [0, 0.1) is 13.8 Å². The van der Waals surface area contributed by atoms with E-state index in [-0.39, 0.29) is 12.1 Å². The molecular formula is C16H17N5OS2. The summed E-state index contributed by atoms with van der Waals surface area (Å²) in [5.74, 6) is 0. The van der Waals surface area contributed by atoms with Gasteiger partial charge >= 0.3 is 6.03 Å². The van der Waals surface area contributed by atoms with Gasteiger partial charge < -0.3 is 5.32 Å². The minimum Gasteiger partial charge on any atom is -0.331 e. The molecule has 2 N–H and O–H groups in total. The van der Waals surface area contributed by atoms with Gasteiger partial charge in [-0.15, -0.1) is 21.5 Å². The summed E-state index contributed by atoms with van der Waals surface area (Å²) >= 11 is 3.02. The van der Waals surface area contributed by atoms with E-state index in [1.54, 1.807) is 17.5 Å². The highest BCUT2D eigenvalue weighted by atomic mass is 32.1. The van der Waals surface area contributed by atoms with Gasteiger partial charge in [-0.3, -0.25) is 10.3 Å². The molecule has 0 bridgehead atoms. The van der Waals surface area contributed by atoms with E-state index in [2.05, 4.69) is 45.7 Å². The third-order valence-electron chi connectivity index (χ3n) is 3.42. The smallest absolute Gasteiger partial charge is 0.321 e. The third-order valence-corrected chi connectivity index (χ3v) is 5.27. The summed E-state index contributed by atoms with van der Waals surface area (Å²) in [6.45, 7) is 6.09. The molecule has 0 aliphatic heterocycles. The van der Waals surface area contributed by atoms with E-state index in [0.717, 1.165) is 11.3 Å². The molecule has 3 heterocycles. The Morgan fingerprint density at radius 2 is 2.04 bits per heavy atom. The predicted octanol–water partition coefficient (Wildman–Crippen LogP) is 4.16. The van der Waals surface area contributed by atoms with E-state index in [1.807, 2.05) is 25.1 Å². The van der Waals surface area contributed by atoms with Gasteiger partial charge in [0.1, 0.15) is 5.69 Å². The Labute approximate surface area is 148 Å². The monoisotopic (exact) mass is 359 g/mol. The first-order valence-electron chi connectivity index (χ1n) is 7.42. The molecule has 0 saturated carbocycles. The van der Waals surface area contributed by atoms with Crippen molar-refractivity contribution in [1.29, 1.82) is 0 Å². The quantitative estimate of drug-likeness (QED) is 0.733. The molecule has 0 unspecified atom stereocenters. The maximum atomic E-state index is 12.2. The topological polar surface area (TPSA) is 79.8 Å². The number of nitrogens with zero attached hydrogens (tertiary/aromatic N) is 3. The van der Waals surface area contributed by atoms with Crippen LogP contribution in [0.5, 0.6) is 0 Å². The second-order valence-corrected chi connectivity index (χ2v) is 7.75. The number of anilines is 1. The van der Waals surface area contributed by atoms with Crippen LogP contribution in [0.4, 0.5) is 9.93 Å². The molecule has 3 aromatic rings. The van der Waals surface area contributed by atoms with E-state index in [1.165, 1.54) is 21.1 Å². The number of thiophene rings is 1. The molecule has 8 heteroatoms. The Morgan fingerprint density at radius 3 is 2.71 bits per heavy atom. The van der Waals surface area contributed by atoms with Crippen LogP contribution in [0.1, 0.15) is 28.3 Å². The summed E-state index contributed by atoms with van der Waals surface area (Å²) in [5, 5.41) is 14.8. The summed E-state index contributed by atoms with van der Waals surface area (Å²) in [6, 6.07) is 7.32. The van der Waals surface area contributed by atoms with Crippen molar-refractivity contribution in [2.45, 2.75) is 26.8 Å². The van der Waals surface area contributed by atoms with Gasteiger partial charge in [0.2, 0.25) is 5.13 Å². The Hall–Kier alpha value is -2.32. The van der Waals surface area contributed by atoms with Crippen molar-refractivity contribution in [2.24, 2.45) is 0 Å². The molecule has 0 radical (unpaired) electrons. The fourth-order valence-electron chi connectivity index (χ4n) is 2.35. The number of hydrogen-bond donors (Lipinski definition) is 2. The van der Waals surface area contributed by atoms with Crippen molar-refractivity contribution in [3.05, 3.63) is 45.8 Å². The first-order chi connectivity index (χ1) is 11.5. The second-order valence-electron chi connectivity index (χ2n) is 5.32. The van der Waals surface area contributed by atoms with E-state index in [0.29, 0.717) is 10.1 Å². The minimum absolute atomic E-state index is 0.0712. The Morgan fingerprint density at radius 1 is 1.21 bits per heavy atom. The SMILES string of the molecule is Cc1cc([C@@H](C)NC(=O)Nc2nnc(-c3ccccn3)s2)c(C)s1. The number of hydrogen-bond acceptors (Lipinski definition) is 6. The van der Waals surface area contributed by atoms with E-state index < -0.39 is 0 Å². The number of amides is 2. The fraction of sp³-hybridized carbons (Fsp3) is 0.250. The zero-order chi connectivity index (χ0) is 17.1. The maximum absolute atomic E-state index is 12.2. The number of rotatable bonds is 4. The third kappa shape index (κ3) is 3.77. The highest BCUT2D eigenvalue weighted by Crippen LogP contribution is 2.27. The van der Waals surface area contributed by atoms with Gasteiger partial charge in [-0.1, -0.05) is 17.4 Å². The summed E-state index contributed by atoms with van der Waals surface area (Å²) in [6.07, 6.45) is 1.70. The van der Waals surface area contributed by atoms with Crippen LogP contribution in [0.2, 0.25) is 0 Å². The van der Waals surface area contributed by atoms with Crippen molar-refractivity contribution < 1.29 is 4.79 Å². The standard InChI is InChI=1S/C16H17N5OS2/c1-9-8-12(11(3)23-9)10(2)18-15(22)19-16-21-20-14(24-16)13-6-4-5-7-17-13/h4-8,10H,1-3H3,(H2,18,19,21,22)/t10-/m1/s1. The number of aryl methyl sites for hydroxylation is 2. The lowest BCUT2D eigenvalue weighted by Gasteiger charge is -2.13. The molecule has 0 saturated heterocycles. The van der Waals surface area contributed by atoms with Crippen LogP contribution >= 0.6 is 22.7 Å². The molecule has 6 nitrogen and oxygen atoms in total. The Kier molecular flexibility index (Phi) is 4.86. The zero-order valence-corrected chi connectivity index (χ0v) is 15.2. The highest BCUT2D eigenvalue weighted by molar-refractivity contribution is 7.18. The van der Waals surface area contributed by atoms with Crippen LogP contribution in [0.3, 0.4) is 0 Å². The molecule has 3 aromatic heterocycles. The number of nitrogens with one attached hydrogen (secondary N) is 2. The second kappa shape index (κ2) is 7.06. The van der Waals surface area contributed by atoms with E-state index in [4.69, 9.17) is 0 Å². The molecule has 24 heavy (non-hydrogen) atoms. The highest BCUT2D eigenvalue weighted by Gasteiger charge is 2.15.